The second-order valence-electron chi connectivity index (χ2n) is 12.6. The van der Waals surface area contributed by atoms with Crippen molar-refractivity contribution in [1.29, 1.82) is 0 Å². The molecule has 4 amide bonds. The highest BCUT2D eigenvalue weighted by Crippen LogP contribution is 2.32. The summed E-state index contributed by atoms with van der Waals surface area (Å²) in [5.74, 6) is -2.11. The van der Waals surface area contributed by atoms with Crippen LogP contribution < -0.4 is 16.0 Å². The predicted octanol–water partition coefficient (Wildman–Crippen LogP) is 4.33. The molecule has 48 heavy (non-hydrogen) atoms. The van der Waals surface area contributed by atoms with Crippen molar-refractivity contribution >= 4 is 46.4 Å². The Balaban J connectivity index is 1.38. The van der Waals surface area contributed by atoms with Gasteiger partial charge in [0.05, 0.1) is 18.1 Å². The number of furan rings is 1. The summed E-state index contributed by atoms with van der Waals surface area (Å²) in [6.07, 6.45) is 6.69. The van der Waals surface area contributed by atoms with E-state index < -0.39 is 29.6 Å². The third kappa shape index (κ3) is 8.16. The molecular formula is C34H42FN7O5S. The van der Waals surface area contributed by atoms with E-state index in [9.17, 15) is 19.2 Å². The lowest BCUT2D eigenvalue weighted by Gasteiger charge is -2.33. The second-order valence-corrected chi connectivity index (χ2v) is 13.4. The number of aromatic nitrogens is 2. The molecule has 0 unspecified atom stereocenters. The Bertz CT molecular complexity index is 1660. The number of carbonyl (C=O) groups excluding carboxylic acids is 4. The van der Waals surface area contributed by atoms with Crippen molar-refractivity contribution in [3.63, 3.8) is 0 Å². The van der Waals surface area contributed by atoms with Crippen LogP contribution in [0.15, 0.2) is 46.8 Å². The van der Waals surface area contributed by atoms with Crippen LogP contribution in [0.4, 0.5) is 10.1 Å². The molecule has 1 aromatic carbocycles. The standard InChI is InChI=1S/C34H42FN7O5S/c1-5-22-12-17-47-30(22)33(45)39-29(23-8-6-20(2)7-9-23)32(44)37-26-11-10-24(18-25(26)35)21(3)28(38-31(43)27-19-36-40-48-27)34(46)42-15-13-41(4)14-16-42/h10-12,17-20,23,29H,5-9,13-16H2,1-4H3,(H,37,44)(H,38,43)(H,39,45)/b28-21+/t20?,23?,29-/m0/s1. The minimum atomic E-state index is -0.898. The van der Waals surface area contributed by atoms with E-state index in [1.54, 1.807) is 24.0 Å². The first-order valence-electron chi connectivity index (χ1n) is 16.3. The molecule has 14 heteroatoms. The molecule has 256 valence electrons. The number of nitrogens with zero attached hydrogens (tertiary/aromatic N) is 4. The molecule has 1 saturated carbocycles. The first-order valence-corrected chi connectivity index (χ1v) is 17.1. The van der Waals surface area contributed by atoms with Gasteiger partial charge in [-0.25, -0.2) is 4.39 Å². The Morgan fingerprint density at radius 2 is 1.79 bits per heavy atom. The van der Waals surface area contributed by atoms with Gasteiger partial charge in [0.25, 0.3) is 17.7 Å². The molecule has 12 nitrogen and oxygen atoms in total. The lowest BCUT2D eigenvalue weighted by atomic mass is 9.79. The van der Waals surface area contributed by atoms with Crippen molar-refractivity contribution in [2.75, 3.05) is 38.5 Å². The maximum atomic E-state index is 15.7. The highest BCUT2D eigenvalue weighted by Gasteiger charge is 2.34. The van der Waals surface area contributed by atoms with Gasteiger partial charge in [0.15, 0.2) is 5.76 Å². The van der Waals surface area contributed by atoms with Gasteiger partial charge in [-0.1, -0.05) is 37.2 Å². The summed E-state index contributed by atoms with van der Waals surface area (Å²) >= 11 is 0.896. The van der Waals surface area contributed by atoms with Gasteiger partial charge in [-0.15, -0.1) is 5.10 Å². The van der Waals surface area contributed by atoms with Crippen LogP contribution in [0.3, 0.4) is 0 Å². The zero-order chi connectivity index (χ0) is 34.4. The SMILES string of the molecule is CCc1ccoc1C(=O)N[C@H](C(=O)Nc1ccc(/C(C)=C(/NC(=O)c2cnns2)C(=O)N2CCN(C)CC2)cc1F)C1CCC(C)CC1. The molecule has 3 heterocycles. The number of piperazine rings is 1. The van der Waals surface area contributed by atoms with Crippen molar-refractivity contribution in [2.24, 2.45) is 11.8 Å². The molecule has 1 aliphatic heterocycles. The smallest absolute Gasteiger partial charge is 0.287 e. The number of anilines is 1. The maximum Gasteiger partial charge on any atom is 0.287 e. The number of aryl methyl sites for hydroxylation is 1. The average Bonchev–Trinajstić information content (AvgIpc) is 3.80. The molecule has 3 N–H and O–H groups in total. The Hall–Kier alpha value is -4.43. The number of benzene rings is 1. The lowest BCUT2D eigenvalue weighted by molar-refractivity contribution is -0.129. The van der Waals surface area contributed by atoms with Crippen LogP contribution in [-0.4, -0.2) is 82.3 Å². The fourth-order valence-electron chi connectivity index (χ4n) is 6.16. The highest BCUT2D eigenvalue weighted by atomic mass is 32.1. The fourth-order valence-corrected chi connectivity index (χ4v) is 6.57. The normalized spacial score (nSPS) is 19.6. The molecule has 1 saturated heterocycles. The van der Waals surface area contributed by atoms with Gasteiger partial charge in [0.2, 0.25) is 5.91 Å². The summed E-state index contributed by atoms with van der Waals surface area (Å²) in [5.41, 5.74) is 1.39. The number of likely N-dealkylation sites (N-methyl/N-ethyl adjacent to an activating group) is 1. The van der Waals surface area contributed by atoms with E-state index in [0.717, 1.165) is 42.8 Å². The first kappa shape index (κ1) is 34.9. The minimum Gasteiger partial charge on any atom is -0.459 e. The van der Waals surface area contributed by atoms with E-state index in [2.05, 4.69) is 37.4 Å². The average molecular weight is 680 g/mol. The summed E-state index contributed by atoms with van der Waals surface area (Å²) in [6.45, 7) is 8.01. The molecule has 2 fully saturated rings. The summed E-state index contributed by atoms with van der Waals surface area (Å²) in [6, 6.07) is 5.05. The molecule has 0 bridgehead atoms. The first-order chi connectivity index (χ1) is 23.0. The molecule has 5 rings (SSSR count). The summed E-state index contributed by atoms with van der Waals surface area (Å²) in [4.78, 5) is 57.6. The van der Waals surface area contributed by atoms with Crippen molar-refractivity contribution in [1.82, 2.24) is 30.0 Å². The fraction of sp³-hybridized carbons (Fsp3) is 0.471. The van der Waals surface area contributed by atoms with Crippen LogP contribution in [0, 0.1) is 17.7 Å². The van der Waals surface area contributed by atoms with Crippen LogP contribution in [0.1, 0.15) is 77.8 Å². The largest absolute Gasteiger partial charge is 0.459 e. The van der Waals surface area contributed by atoms with Crippen LogP contribution in [0.2, 0.25) is 0 Å². The minimum absolute atomic E-state index is 0.0211. The zero-order valence-corrected chi connectivity index (χ0v) is 28.5. The zero-order valence-electron chi connectivity index (χ0n) is 27.7. The Kier molecular flexibility index (Phi) is 11.4. The Morgan fingerprint density at radius 1 is 1.06 bits per heavy atom. The van der Waals surface area contributed by atoms with Crippen LogP contribution in [0.5, 0.6) is 0 Å². The topological polar surface area (TPSA) is 150 Å². The van der Waals surface area contributed by atoms with Crippen molar-refractivity contribution in [3.8, 4) is 0 Å². The number of rotatable bonds is 10. The van der Waals surface area contributed by atoms with Gasteiger partial charge in [0.1, 0.15) is 22.4 Å². The molecule has 0 spiro atoms. The van der Waals surface area contributed by atoms with E-state index >= 15 is 4.39 Å². The summed E-state index contributed by atoms with van der Waals surface area (Å²) in [7, 11) is 1.97. The summed E-state index contributed by atoms with van der Waals surface area (Å²) < 4.78 is 24.9. The number of hydrogen-bond acceptors (Lipinski definition) is 9. The predicted molar refractivity (Wildman–Crippen MR) is 180 cm³/mol. The van der Waals surface area contributed by atoms with Gasteiger partial charge in [-0.3, -0.25) is 19.2 Å². The molecule has 0 radical (unpaired) electrons. The van der Waals surface area contributed by atoms with Gasteiger partial charge in [-0.05, 0) is 85.9 Å². The number of nitrogens with one attached hydrogen (secondary N) is 3. The quantitative estimate of drug-likeness (QED) is 0.268. The monoisotopic (exact) mass is 679 g/mol. The van der Waals surface area contributed by atoms with E-state index in [1.807, 2.05) is 14.0 Å². The van der Waals surface area contributed by atoms with Crippen molar-refractivity contribution in [3.05, 3.63) is 70.0 Å². The summed E-state index contributed by atoms with van der Waals surface area (Å²) in [5, 5.41) is 12.0. The Morgan fingerprint density at radius 3 is 2.44 bits per heavy atom. The number of hydrogen-bond donors (Lipinski definition) is 3. The number of amides is 4. The van der Waals surface area contributed by atoms with Crippen LogP contribution >= 0.6 is 11.5 Å². The van der Waals surface area contributed by atoms with Crippen LogP contribution in [-0.2, 0) is 16.0 Å². The van der Waals surface area contributed by atoms with Gasteiger partial charge >= 0.3 is 0 Å². The van der Waals surface area contributed by atoms with Crippen LogP contribution in [0.25, 0.3) is 5.57 Å². The van der Waals surface area contributed by atoms with Gasteiger partial charge < -0.3 is 30.2 Å². The third-order valence-corrected chi connectivity index (χ3v) is 9.96. The number of carbonyl (C=O) groups is 4. The Labute approximate surface area is 283 Å². The molecule has 2 aliphatic rings. The third-order valence-electron chi connectivity index (χ3n) is 9.30. The van der Waals surface area contributed by atoms with Gasteiger partial charge in [-0.2, -0.15) is 0 Å². The lowest BCUT2D eigenvalue weighted by Crippen LogP contribution is -2.49. The highest BCUT2D eigenvalue weighted by molar-refractivity contribution is 7.07. The molecule has 2 aromatic heterocycles. The maximum absolute atomic E-state index is 15.7. The van der Waals surface area contributed by atoms with Crippen molar-refractivity contribution < 1.29 is 28.0 Å². The number of allylic oxidation sites excluding steroid dienone is 1. The molecule has 1 aliphatic carbocycles. The van der Waals surface area contributed by atoms with Gasteiger partial charge in [0, 0.05) is 31.7 Å². The van der Waals surface area contributed by atoms with E-state index in [-0.39, 0.29) is 33.8 Å². The van der Waals surface area contributed by atoms with E-state index in [4.69, 9.17) is 4.42 Å². The number of halogens is 1. The van der Waals surface area contributed by atoms with E-state index in [0.29, 0.717) is 49.7 Å². The molecular weight excluding hydrogens is 637 g/mol. The molecule has 1 atom stereocenters. The molecule has 3 aromatic rings. The second kappa shape index (κ2) is 15.6. The van der Waals surface area contributed by atoms with E-state index in [1.165, 1.54) is 24.6 Å². The van der Waals surface area contributed by atoms with Crippen molar-refractivity contribution in [2.45, 2.75) is 58.9 Å².